The summed E-state index contributed by atoms with van der Waals surface area (Å²) >= 11 is 0. The molecule has 0 aliphatic rings. The van der Waals surface area contributed by atoms with Crippen molar-refractivity contribution in [3.8, 4) is 11.1 Å². The number of hydrogen-bond acceptors (Lipinski definition) is 5. The Morgan fingerprint density at radius 2 is 1.61 bits per heavy atom. The lowest BCUT2D eigenvalue weighted by Crippen LogP contribution is -2.33. The fourth-order valence-electron chi connectivity index (χ4n) is 3.86. The van der Waals surface area contributed by atoms with Gasteiger partial charge in [0.15, 0.2) is 0 Å². The number of nitrogens with zero attached hydrogens (tertiary/aromatic N) is 2. The van der Waals surface area contributed by atoms with Crippen molar-refractivity contribution in [2.75, 3.05) is 6.54 Å². The number of amides is 2. The summed E-state index contributed by atoms with van der Waals surface area (Å²) in [6.45, 7) is 0.469. The summed E-state index contributed by atoms with van der Waals surface area (Å²) < 4.78 is 5.29. The van der Waals surface area contributed by atoms with Crippen LogP contribution in [0.4, 0.5) is 0 Å². The average molecular weight is 484 g/mol. The van der Waals surface area contributed by atoms with Crippen LogP contribution in [0.3, 0.4) is 0 Å². The molecular weight excluding hydrogens is 458 g/mol. The molecule has 0 saturated carbocycles. The molecule has 0 atom stereocenters. The third kappa shape index (κ3) is 6.04. The molecule has 0 saturated heterocycles. The predicted octanol–water partition coefficient (Wildman–Crippen LogP) is 4.39. The van der Waals surface area contributed by atoms with Crippen LogP contribution in [0.5, 0.6) is 0 Å². The third-order valence-corrected chi connectivity index (χ3v) is 5.60. The summed E-state index contributed by atoms with van der Waals surface area (Å²) in [5.74, 6) is -1.00. The van der Waals surface area contributed by atoms with E-state index in [0.717, 1.165) is 5.56 Å². The number of carbonyl (C=O) groups excluding carboxylic acids is 2. The van der Waals surface area contributed by atoms with Crippen LogP contribution < -0.4 is 5.32 Å². The van der Waals surface area contributed by atoms with E-state index in [0.29, 0.717) is 28.0 Å². The van der Waals surface area contributed by atoms with Crippen molar-refractivity contribution in [1.29, 1.82) is 0 Å². The standard InChI is InChI=1S/C28H25N3O5/c32-26(33)13-15-31(19-20-7-5-14-29-17-20)28(35)25-12-4-2-10-23(25)22-9-1-3-11-24(22)27(34)30-18-21-8-6-16-36-21/h1-12,14,16-17H,13,15,18-19H2,(H,30,34)(H,32,33). The van der Waals surface area contributed by atoms with E-state index in [-0.39, 0.29) is 37.9 Å². The Morgan fingerprint density at radius 3 is 2.28 bits per heavy atom. The largest absolute Gasteiger partial charge is 0.481 e. The number of hydrogen-bond donors (Lipinski definition) is 2. The fraction of sp³-hybridized carbons (Fsp3) is 0.143. The van der Waals surface area contributed by atoms with E-state index in [2.05, 4.69) is 10.3 Å². The molecular formula is C28H25N3O5. The molecule has 0 aliphatic carbocycles. The summed E-state index contributed by atoms with van der Waals surface area (Å²) in [7, 11) is 0. The number of benzene rings is 2. The Hall–Kier alpha value is -4.72. The van der Waals surface area contributed by atoms with Crippen LogP contribution in [0.2, 0.25) is 0 Å². The highest BCUT2D eigenvalue weighted by Crippen LogP contribution is 2.29. The molecule has 182 valence electrons. The Morgan fingerprint density at radius 1 is 0.889 bits per heavy atom. The molecule has 36 heavy (non-hydrogen) atoms. The molecule has 0 bridgehead atoms. The quantitative estimate of drug-likeness (QED) is 0.346. The van der Waals surface area contributed by atoms with Gasteiger partial charge in [0, 0.05) is 36.6 Å². The predicted molar refractivity (Wildman–Crippen MR) is 133 cm³/mol. The Kier molecular flexibility index (Phi) is 7.87. The summed E-state index contributed by atoms with van der Waals surface area (Å²) in [5.41, 5.74) is 2.74. The van der Waals surface area contributed by atoms with Gasteiger partial charge in [0.2, 0.25) is 0 Å². The topological polar surface area (TPSA) is 113 Å². The number of carboxylic acids is 1. The van der Waals surface area contributed by atoms with Crippen LogP contribution in [0.25, 0.3) is 11.1 Å². The van der Waals surface area contributed by atoms with Crippen molar-refractivity contribution < 1.29 is 23.9 Å². The smallest absolute Gasteiger partial charge is 0.305 e. The van der Waals surface area contributed by atoms with Crippen LogP contribution >= 0.6 is 0 Å². The molecule has 0 radical (unpaired) electrons. The highest BCUT2D eigenvalue weighted by atomic mass is 16.4. The molecule has 2 heterocycles. The molecule has 0 fully saturated rings. The highest BCUT2D eigenvalue weighted by Gasteiger charge is 2.23. The van der Waals surface area contributed by atoms with Gasteiger partial charge < -0.3 is 19.7 Å². The maximum absolute atomic E-state index is 13.7. The van der Waals surface area contributed by atoms with Gasteiger partial charge in [-0.2, -0.15) is 0 Å². The van der Waals surface area contributed by atoms with Gasteiger partial charge in [-0.1, -0.05) is 42.5 Å². The molecule has 0 unspecified atom stereocenters. The lowest BCUT2D eigenvalue weighted by Gasteiger charge is -2.24. The van der Waals surface area contributed by atoms with Gasteiger partial charge in [0.1, 0.15) is 5.76 Å². The number of nitrogens with one attached hydrogen (secondary N) is 1. The zero-order valence-electron chi connectivity index (χ0n) is 19.5. The molecule has 4 aromatic rings. The maximum atomic E-state index is 13.7. The summed E-state index contributed by atoms with van der Waals surface area (Å²) in [6, 6.07) is 21.2. The van der Waals surface area contributed by atoms with Crippen LogP contribution in [0.15, 0.2) is 95.9 Å². The van der Waals surface area contributed by atoms with Gasteiger partial charge in [-0.3, -0.25) is 19.4 Å². The Balaban J connectivity index is 1.65. The first-order valence-corrected chi connectivity index (χ1v) is 11.4. The average Bonchev–Trinajstić information content (AvgIpc) is 3.43. The van der Waals surface area contributed by atoms with E-state index < -0.39 is 5.97 Å². The number of furan rings is 1. The lowest BCUT2D eigenvalue weighted by atomic mass is 9.94. The van der Waals surface area contributed by atoms with Crippen molar-refractivity contribution in [2.45, 2.75) is 19.5 Å². The number of rotatable bonds is 10. The van der Waals surface area contributed by atoms with Crippen molar-refractivity contribution >= 4 is 17.8 Å². The normalized spacial score (nSPS) is 10.6. The highest BCUT2D eigenvalue weighted by molar-refractivity contribution is 6.06. The number of carbonyl (C=O) groups is 3. The second kappa shape index (κ2) is 11.6. The van der Waals surface area contributed by atoms with Gasteiger partial charge in [-0.25, -0.2) is 0 Å². The van der Waals surface area contributed by atoms with Crippen molar-refractivity contribution in [3.05, 3.63) is 114 Å². The minimum Gasteiger partial charge on any atom is -0.481 e. The SMILES string of the molecule is O=C(O)CCN(Cc1cccnc1)C(=O)c1ccccc1-c1ccccc1C(=O)NCc1ccco1. The van der Waals surface area contributed by atoms with Gasteiger partial charge in [-0.05, 0) is 47.0 Å². The number of aromatic nitrogens is 1. The zero-order valence-corrected chi connectivity index (χ0v) is 19.5. The van der Waals surface area contributed by atoms with Crippen LogP contribution in [-0.2, 0) is 17.9 Å². The van der Waals surface area contributed by atoms with Crippen molar-refractivity contribution in [3.63, 3.8) is 0 Å². The van der Waals surface area contributed by atoms with Crippen molar-refractivity contribution in [2.24, 2.45) is 0 Å². The molecule has 0 spiro atoms. The van der Waals surface area contributed by atoms with Gasteiger partial charge in [-0.15, -0.1) is 0 Å². The molecule has 8 nitrogen and oxygen atoms in total. The van der Waals surface area contributed by atoms with Crippen LogP contribution in [-0.4, -0.2) is 39.3 Å². The second-order valence-electron chi connectivity index (χ2n) is 8.08. The maximum Gasteiger partial charge on any atom is 0.305 e. The Bertz CT molecular complexity index is 1340. The van der Waals surface area contributed by atoms with E-state index >= 15 is 0 Å². The Labute approximate surface area is 208 Å². The van der Waals surface area contributed by atoms with Gasteiger partial charge in [0.25, 0.3) is 11.8 Å². The van der Waals surface area contributed by atoms with E-state index in [4.69, 9.17) is 4.42 Å². The minimum atomic E-state index is -0.995. The zero-order chi connectivity index (χ0) is 25.3. The van der Waals surface area contributed by atoms with E-state index in [9.17, 15) is 19.5 Å². The first-order valence-electron chi connectivity index (χ1n) is 11.4. The lowest BCUT2D eigenvalue weighted by molar-refractivity contribution is -0.137. The fourth-order valence-corrected chi connectivity index (χ4v) is 3.86. The third-order valence-electron chi connectivity index (χ3n) is 5.60. The monoisotopic (exact) mass is 483 g/mol. The minimum absolute atomic E-state index is 0.0304. The van der Waals surface area contributed by atoms with E-state index in [1.54, 1.807) is 85.4 Å². The number of carboxylic acid groups (broad SMARTS) is 1. The summed E-state index contributed by atoms with van der Waals surface area (Å²) in [5, 5.41) is 12.1. The van der Waals surface area contributed by atoms with Gasteiger partial charge >= 0.3 is 5.97 Å². The number of pyridine rings is 1. The van der Waals surface area contributed by atoms with Crippen LogP contribution in [0.1, 0.15) is 38.5 Å². The summed E-state index contributed by atoms with van der Waals surface area (Å²) in [4.78, 5) is 43.6. The molecule has 2 amide bonds. The molecule has 8 heteroatoms. The molecule has 4 rings (SSSR count). The van der Waals surface area contributed by atoms with Crippen LogP contribution in [0, 0.1) is 0 Å². The molecule has 2 N–H and O–H groups in total. The van der Waals surface area contributed by atoms with E-state index in [1.807, 2.05) is 6.07 Å². The second-order valence-corrected chi connectivity index (χ2v) is 8.08. The van der Waals surface area contributed by atoms with Gasteiger partial charge in [0.05, 0.1) is 19.2 Å². The summed E-state index contributed by atoms with van der Waals surface area (Å²) in [6.07, 6.45) is 4.63. The molecule has 0 aliphatic heterocycles. The first-order chi connectivity index (χ1) is 17.5. The number of aliphatic carboxylic acids is 1. The molecule has 2 aromatic carbocycles. The molecule has 2 aromatic heterocycles. The first kappa shape index (κ1) is 24.4. The van der Waals surface area contributed by atoms with E-state index in [1.165, 1.54) is 4.90 Å². The van der Waals surface area contributed by atoms with Crippen molar-refractivity contribution in [1.82, 2.24) is 15.2 Å².